The van der Waals surface area contributed by atoms with Crippen molar-refractivity contribution in [2.24, 2.45) is 5.73 Å². The second-order valence-electron chi connectivity index (χ2n) is 4.96. The van der Waals surface area contributed by atoms with E-state index in [1.54, 1.807) is 18.0 Å². The quantitative estimate of drug-likeness (QED) is 0.930. The van der Waals surface area contributed by atoms with Crippen LogP contribution < -0.4 is 5.73 Å². The summed E-state index contributed by atoms with van der Waals surface area (Å²) >= 11 is 0. The average Bonchev–Trinajstić information content (AvgIpc) is 2.77. The lowest BCUT2D eigenvalue weighted by atomic mass is 10.1. The van der Waals surface area contributed by atoms with E-state index in [0.29, 0.717) is 24.4 Å². The molecule has 0 unspecified atom stereocenters. The summed E-state index contributed by atoms with van der Waals surface area (Å²) in [5.74, 6) is 1.37. The molecule has 20 heavy (non-hydrogen) atoms. The number of furan rings is 1. The van der Waals surface area contributed by atoms with E-state index in [1.165, 1.54) is 0 Å². The third-order valence-corrected chi connectivity index (χ3v) is 3.36. The molecule has 1 amide bonds. The molecule has 0 aliphatic heterocycles. The molecule has 4 nitrogen and oxygen atoms in total. The maximum Gasteiger partial charge on any atom is 0.257 e. The zero-order valence-electron chi connectivity index (χ0n) is 12.1. The third-order valence-electron chi connectivity index (χ3n) is 3.36. The first-order valence-electron chi connectivity index (χ1n) is 6.62. The number of hydrogen-bond donors (Lipinski definition) is 1. The Kier molecular flexibility index (Phi) is 4.25. The van der Waals surface area contributed by atoms with Gasteiger partial charge in [-0.05, 0) is 31.0 Å². The monoisotopic (exact) mass is 272 g/mol. The van der Waals surface area contributed by atoms with Crippen LogP contribution in [0.25, 0.3) is 0 Å². The molecule has 2 N–H and O–H groups in total. The van der Waals surface area contributed by atoms with Gasteiger partial charge >= 0.3 is 0 Å². The highest BCUT2D eigenvalue weighted by atomic mass is 16.3. The van der Waals surface area contributed by atoms with Crippen molar-refractivity contribution in [2.75, 3.05) is 7.05 Å². The largest absolute Gasteiger partial charge is 0.466 e. The molecule has 0 aliphatic rings. The van der Waals surface area contributed by atoms with Crippen LogP contribution in [-0.2, 0) is 13.1 Å². The van der Waals surface area contributed by atoms with Gasteiger partial charge in [-0.3, -0.25) is 4.79 Å². The Morgan fingerprint density at radius 2 is 1.90 bits per heavy atom. The van der Waals surface area contributed by atoms with Gasteiger partial charge in [-0.2, -0.15) is 0 Å². The summed E-state index contributed by atoms with van der Waals surface area (Å²) in [6, 6.07) is 9.68. The van der Waals surface area contributed by atoms with Crippen molar-refractivity contribution in [2.45, 2.75) is 26.9 Å². The highest BCUT2D eigenvalue weighted by Gasteiger charge is 2.18. The minimum absolute atomic E-state index is 0.0359. The van der Waals surface area contributed by atoms with Crippen molar-refractivity contribution >= 4 is 5.91 Å². The molecule has 0 bridgehead atoms. The molecule has 0 saturated heterocycles. The van der Waals surface area contributed by atoms with Crippen molar-refractivity contribution in [1.29, 1.82) is 0 Å². The summed E-state index contributed by atoms with van der Waals surface area (Å²) < 4.78 is 5.41. The van der Waals surface area contributed by atoms with E-state index in [1.807, 2.05) is 38.1 Å². The predicted molar refractivity (Wildman–Crippen MR) is 78.3 cm³/mol. The number of carbonyl (C=O) groups excluding carboxylic acids is 1. The van der Waals surface area contributed by atoms with Gasteiger partial charge in [0.05, 0.1) is 5.56 Å². The molecule has 0 aliphatic carbocycles. The summed E-state index contributed by atoms with van der Waals surface area (Å²) in [5, 5.41) is 0. The predicted octanol–water partition coefficient (Wildman–Crippen LogP) is 2.63. The molecule has 0 spiro atoms. The second kappa shape index (κ2) is 5.92. The molecule has 4 heteroatoms. The van der Waals surface area contributed by atoms with Gasteiger partial charge in [0.2, 0.25) is 0 Å². The molecule has 106 valence electrons. The van der Waals surface area contributed by atoms with E-state index >= 15 is 0 Å². The molecule has 2 aromatic rings. The van der Waals surface area contributed by atoms with Gasteiger partial charge in [-0.1, -0.05) is 24.3 Å². The number of nitrogens with zero attached hydrogens (tertiary/aromatic N) is 1. The van der Waals surface area contributed by atoms with Gasteiger partial charge in [-0.25, -0.2) is 0 Å². The Bertz CT molecular complexity index is 617. The Labute approximate surface area is 119 Å². The fourth-order valence-electron chi connectivity index (χ4n) is 2.29. The zero-order chi connectivity index (χ0) is 14.7. The van der Waals surface area contributed by atoms with Crippen LogP contribution in [0.3, 0.4) is 0 Å². The Morgan fingerprint density at radius 3 is 2.45 bits per heavy atom. The zero-order valence-corrected chi connectivity index (χ0v) is 12.1. The number of rotatable bonds is 4. The number of nitrogens with two attached hydrogens (primary N) is 1. The molecular weight excluding hydrogens is 252 g/mol. The highest BCUT2D eigenvalue weighted by Crippen LogP contribution is 2.17. The molecular formula is C16H20N2O2. The van der Waals surface area contributed by atoms with E-state index in [4.69, 9.17) is 10.2 Å². The number of carbonyl (C=O) groups is 1. The van der Waals surface area contributed by atoms with Crippen molar-refractivity contribution in [3.05, 3.63) is 58.5 Å². The van der Waals surface area contributed by atoms with E-state index in [2.05, 4.69) is 0 Å². The minimum atomic E-state index is -0.0359. The van der Waals surface area contributed by atoms with Crippen molar-refractivity contribution < 1.29 is 9.21 Å². The summed E-state index contributed by atoms with van der Waals surface area (Å²) in [4.78, 5) is 14.1. The maximum atomic E-state index is 12.4. The molecule has 0 fully saturated rings. The molecule has 1 aromatic heterocycles. The molecule has 0 atom stereocenters. The first kappa shape index (κ1) is 14.3. The fraction of sp³-hybridized carbons (Fsp3) is 0.312. The lowest BCUT2D eigenvalue weighted by Gasteiger charge is -2.18. The molecule has 0 saturated carbocycles. The SMILES string of the molecule is Cc1cc(C(=O)N(C)Cc2ccccc2CN)c(C)o1. The molecule has 2 rings (SSSR count). The summed E-state index contributed by atoms with van der Waals surface area (Å²) in [5.41, 5.74) is 8.48. The lowest BCUT2D eigenvalue weighted by molar-refractivity contribution is 0.0783. The topological polar surface area (TPSA) is 59.5 Å². The van der Waals surface area contributed by atoms with Crippen molar-refractivity contribution in [3.8, 4) is 0 Å². The Balaban J connectivity index is 2.17. The van der Waals surface area contributed by atoms with Crippen LogP contribution in [0.2, 0.25) is 0 Å². The van der Waals surface area contributed by atoms with Crippen LogP contribution in [-0.4, -0.2) is 17.9 Å². The van der Waals surface area contributed by atoms with Crippen LogP contribution in [0, 0.1) is 13.8 Å². The standard InChI is InChI=1S/C16H20N2O2/c1-11-8-15(12(2)20-11)16(19)18(3)10-14-7-5-4-6-13(14)9-17/h4-8H,9-10,17H2,1-3H3. The first-order valence-corrected chi connectivity index (χ1v) is 6.62. The Morgan fingerprint density at radius 1 is 1.25 bits per heavy atom. The number of aryl methyl sites for hydroxylation is 2. The van der Waals surface area contributed by atoms with Crippen LogP contribution in [0.15, 0.2) is 34.7 Å². The number of benzene rings is 1. The van der Waals surface area contributed by atoms with Gasteiger partial charge in [-0.15, -0.1) is 0 Å². The second-order valence-corrected chi connectivity index (χ2v) is 4.96. The molecule has 1 heterocycles. The van der Waals surface area contributed by atoms with Gasteiger partial charge in [0.25, 0.3) is 5.91 Å². The minimum Gasteiger partial charge on any atom is -0.466 e. The van der Waals surface area contributed by atoms with Crippen molar-refractivity contribution in [1.82, 2.24) is 4.90 Å². The maximum absolute atomic E-state index is 12.4. The third kappa shape index (κ3) is 2.91. The fourth-order valence-corrected chi connectivity index (χ4v) is 2.29. The van der Waals surface area contributed by atoms with E-state index in [-0.39, 0.29) is 5.91 Å². The van der Waals surface area contributed by atoms with Crippen LogP contribution in [0.5, 0.6) is 0 Å². The summed E-state index contributed by atoms with van der Waals surface area (Å²) in [6.45, 7) is 4.66. The van der Waals surface area contributed by atoms with Gasteiger partial charge in [0, 0.05) is 20.1 Å². The normalized spacial score (nSPS) is 10.6. The average molecular weight is 272 g/mol. The van der Waals surface area contributed by atoms with E-state index in [0.717, 1.165) is 16.9 Å². The summed E-state index contributed by atoms with van der Waals surface area (Å²) in [6.07, 6.45) is 0. The van der Waals surface area contributed by atoms with Gasteiger partial charge < -0.3 is 15.1 Å². The molecule has 0 radical (unpaired) electrons. The Hall–Kier alpha value is -2.07. The van der Waals surface area contributed by atoms with Crippen molar-refractivity contribution in [3.63, 3.8) is 0 Å². The lowest BCUT2D eigenvalue weighted by Crippen LogP contribution is -2.27. The van der Waals surface area contributed by atoms with E-state index in [9.17, 15) is 4.79 Å². The van der Waals surface area contributed by atoms with Gasteiger partial charge in [0.15, 0.2) is 0 Å². The van der Waals surface area contributed by atoms with Gasteiger partial charge in [0.1, 0.15) is 11.5 Å². The van der Waals surface area contributed by atoms with Crippen LogP contribution >= 0.6 is 0 Å². The van der Waals surface area contributed by atoms with Crippen LogP contribution in [0.1, 0.15) is 33.0 Å². The molecule has 1 aromatic carbocycles. The van der Waals surface area contributed by atoms with Crippen LogP contribution in [0.4, 0.5) is 0 Å². The summed E-state index contributed by atoms with van der Waals surface area (Å²) in [7, 11) is 1.79. The van der Waals surface area contributed by atoms with E-state index < -0.39 is 0 Å². The smallest absolute Gasteiger partial charge is 0.257 e. The highest BCUT2D eigenvalue weighted by molar-refractivity contribution is 5.95. The number of amides is 1. The first-order chi connectivity index (χ1) is 9.52. The number of hydrogen-bond acceptors (Lipinski definition) is 3.